The Bertz CT molecular complexity index is 129. The smallest absolute Gasteiger partial charge is 0.0608 e. The molecule has 0 aromatic carbocycles. The molecule has 0 amide bonds. The summed E-state index contributed by atoms with van der Waals surface area (Å²) in [6.45, 7) is 4.41. The van der Waals surface area contributed by atoms with Gasteiger partial charge in [0.15, 0.2) is 0 Å². The largest absolute Gasteiger partial charge is 0.394 e. The van der Waals surface area contributed by atoms with Crippen molar-refractivity contribution in [2.24, 2.45) is 5.73 Å². The summed E-state index contributed by atoms with van der Waals surface area (Å²) in [4.78, 5) is 2.14. The minimum Gasteiger partial charge on any atom is -0.394 e. The molecule has 0 fully saturated rings. The van der Waals surface area contributed by atoms with Crippen molar-refractivity contribution in [2.45, 2.75) is 18.9 Å². The second-order valence-electron chi connectivity index (χ2n) is 3.86. The summed E-state index contributed by atoms with van der Waals surface area (Å²) in [7, 11) is 3.71. The number of nitrogens with zero attached hydrogens (tertiary/aromatic N) is 1. The Morgan fingerprint density at radius 2 is 2.08 bits per heavy atom. The van der Waals surface area contributed by atoms with Gasteiger partial charge in [-0.3, -0.25) is 0 Å². The van der Waals surface area contributed by atoms with Gasteiger partial charge in [0.1, 0.15) is 0 Å². The molecule has 0 bridgehead atoms. The van der Waals surface area contributed by atoms with Gasteiger partial charge in [0.2, 0.25) is 0 Å². The summed E-state index contributed by atoms with van der Waals surface area (Å²) < 4.78 is 4.95. The Balaban J connectivity index is 3.51. The van der Waals surface area contributed by atoms with Crippen LogP contribution < -0.4 is 5.73 Å². The number of hydrogen-bond acceptors (Lipinski definition) is 4. The highest BCUT2D eigenvalue weighted by molar-refractivity contribution is 4.78. The summed E-state index contributed by atoms with van der Waals surface area (Å²) in [6, 6.07) is 0. The average molecular weight is 190 g/mol. The summed E-state index contributed by atoms with van der Waals surface area (Å²) in [5.74, 6) is 0. The lowest BCUT2D eigenvalue weighted by molar-refractivity contribution is 0.146. The number of rotatable bonds is 7. The van der Waals surface area contributed by atoms with Gasteiger partial charge in [-0.05, 0) is 26.9 Å². The van der Waals surface area contributed by atoms with Gasteiger partial charge < -0.3 is 20.5 Å². The molecule has 1 atom stereocenters. The molecule has 4 nitrogen and oxygen atoms in total. The van der Waals surface area contributed by atoms with Gasteiger partial charge in [0, 0.05) is 19.2 Å². The van der Waals surface area contributed by atoms with E-state index in [9.17, 15) is 0 Å². The first kappa shape index (κ1) is 12.8. The number of aliphatic hydroxyl groups excluding tert-OH is 1. The van der Waals surface area contributed by atoms with Gasteiger partial charge in [-0.2, -0.15) is 0 Å². The Hall–Kier alpha value is -0.160. The summed E-state index contributed by atoms with van der Waals surface area (Å²) in [6.07, 6.45) is 0.795. The van der Waals surface area contributed by atoms with Crippen LogP contribution in [0, 0.1) is 0 Å². The normalized spacial score (nSPS) is 16.2. The van der Waals surface area contributed by atoms with Crippen molar-refractivity contribution in [1.82, 2.24) is 4.90 Å². The lowest BCUT2D eigenvalue weighted by atomic mass is 10.0. The zero-order valence-corrected chi connectivity index (χ0v) is 8.92. The standard InChI is InChI=1S/C9H22N2O2/c1-9(10,8-12)4-5-11(2)6-7-13-3/h12H,4-8,10H2,1-3H3. The summed E-state index contributed by atoms with van der Waals surface area (Å²) in [5.41, 5.74) is 5.33. The maximum atomic E-state index is 8.91. The molecule has 0 saturated heterocycles. The SMILES string of the molecule is COCCN(C)CCC(C)(N)CO. The Morgan fingerprint density at radius 3 is 2.54 bits per heavy atom. The van der Waals surface area contributed by atoms with Crippen LogP contribution in [0.4, 0.5) is 0 Å². The van der Waals surface area contributed by atoms with Crippen LogP contribution >= 0.6 is 0 Å². The molecule has 0 aromatic rings. The molecule has 0 saturated carbocycles. The highest BCUT2D eigenvalue weighted by atomic mass is 16.5. The van der Waals surface area contributed by atoms with Crippen LogP contribution in [0.25, 0.3) is 0 Å². The van der Waals surface area contributed by atoms with E-state index in [0.717, 1.165) is 26.1 Å². The Morgan fingerprint density at radius 1 is 1.46 bits per heavy atom. The molecule has 0 aromatic heterocycles. The fourth-order valence-electron chi connectivity index (χ4n) is 0.884. The van der Waals surface area contributed by atoms with E-state index in [4.69, 9.17) is 15.6 Å². The number of hydrogen-bond donors (Lipinski definition) is 2. The minimum atomic E-state index is -0.457. The van der Waals surface area contributed by atoms with Gasteiger partial charge >= 0.3 is 0 Å². The highest BCUT2D eigenvalue weighted by Gasteiger charge is 2.16. The van der Waals surface area contributed by atoms with Gasteiger partial charge in [-0.25, -0.2) is 0 Å². The van der Waals surface area contributed by atoms with E-state index in [-0.39, 0.29) is 6.61 Å². The second-order valence-corrected chi connectivity index (χ2v) is 3.86. The predicted molar refractivity (Wildman–Crippen MR) is 53.7 cm³/mol. The fourth-order valence-corrected chi connectivity index (χ4v) is 0.884. The maximum absolute atomic E-state index is 8.91. The molecule has 0 aliphatic heterocycles. The highest BCUT2D eigenvalue weighted by Crippen LogP contribution is 2.04. The molecule has 0 rings (SSSR count). The number of methoxy groups -OCH3 is 1. The van der Waals surface area contributed by atoms with Crippen molar-refractivity contribution < 1.29 is 9.84 Å². The topological polar surface area (TPSA) is 58.7 Å². The lowest BCUT2D eigenvalue weighted by Gasteiger charge is -2.25. The number of aliphatic hydroxyl groups is 1. The molecule has 0 spiro atoms. The number of nitrogens with two attached hydrogens (primary N) is 1. The Kier molecular flexibility index (Phi) is 6.24. The third-order valence-electron chi connectivity index (χ3n) is 2.10. The molecule has 0 heterocycles. The van der Waals surface area contributed by atoms with E-state index in [1.54, 1.807) is 7.11 Å². The van der Waals surface area contributed by atoms with Gasteiger partial charge in [-0.1, -0.05) is 0 Å². The van der Waals surface area contributed by atoms with Crippen molar-refractivity contribution in [3.63, 3.8) is 0 Å². The zero-order valence-electron chi connectivity index (χ0n) is 8.92. The van der Waals surface area contributed by atoms with Crippen molar-refractivity contribution in [3.8, 4) is 0 Å². The molecule has 4 heteroatoms. The van der Waals surface area contributed by atoms with Crippen LogP contribution in [0.2, 0.25) is 0 Å². The first-order chi connectivity index (χ1) is 6.02. The van der Waals surface area contributed by atoms with E-state index in [0.29, 0.717) is 0 Å². The quantitative estimate of drug-likeness (QED) is 0.577. The van der Waals surface area contributed by atoms with Gasteiger partial charge in [0.25, 0.3) is 0 Å². The number of ether oxygens (including phenoxy) is 1. The molecule has 0 aliphatic carbocycles. The van der Waals surface area contributed by atoms with E-state index in [1.807, 2.05) is 14.0 Å². The monoisotopic (exact) mass is 190 g/mol. The molecule has 13 heavy (non-hydrogen) atoms. The molecule has 0 radical (unpaired) electrons. The molecule has 3 N–H and O–H groups in total. The van der Waals surface area contributed by atoms with Crippen LogP contribution in [0.1, 0.15) is 13.3 Å². The second kappa shape index (κ2) is 6.32. The van der Waals surface area contributed by atoms with Gasteiger partial charge in [0.05, 0.1) is 13.2 Å². The predicted octanol–water partition coefficient (Wildman–Crippen LogP) is -0.336. The van der Waals surface area contributed by atoms with Crippen LogP contribution in [0.15, 0.2) is 0 Å². The first-order valence-electron chi connectivity index (χ1n) is 4.59. The van der Waals surface area contributed by atoms with Crippen LogP contribution in [-0.2, 0) is 4.74 Å². The third kappa shape index (κ3) is 6.95. The lowest BCUT2D eigenvalue weighted by Crippen LogP contribution is -2.43. The Labute approximate surface area is 80.7 Å². The third-order valence-corrected chi connectivity index (χ3v) is 2.10. The first-order valence-corrected chi connectivity index (χ1v) is 4.59. The zero-order chi connectivity index (χ0) is 10.3. The molecular weight excluding hydrogens is 168 g/mol. The number of likely N-dealkylation sites (N-methyl/N-ethyl adjacent to an activating group) is 1. The molecule has 0 aliphatic rings. The van der Waals surface area contributed by atoms with Gasteiger partial charge in [-0.15, -0.1) is 0 Å². The van der Waals surface area contributed by atoms with E-state index < -0.39 is 5.54 Å². The van der Waals surface area contributed by atoms with Crippen molar-refractivity contribution in [2.75, 3.05) is 40.5 Å². The minimum absolute atomic E-state index is 0.0329. The molecular formula is C9H22N2O2. The van der Waals surface area contributed by atoms with Crippen molar-refractivity contribution in [3.05, 3.63) is 0 Å². The van der Waals surface area contributed by atoms with Crippen LogP contribution in [0.5, 0.6) is 0 Å². The van der Waals surface area contributed by atoms with Crippen LogP contribution in [-0.4, -0.2) is 56.0 Å². The molecule has 1 unspecified atom stereocenters. The summed E-state index contributed by atoms with van der Waals surface area (Å²) >= 11 is 0. The van der Waals surface area contributed by atoms with Crippen LogP contribution in [0.3, 0.4) is 0 Å². The van der Waals surface area contributed by atoms with Crippen molar-refractivity contribution >= 4 is 0 Å². The maximum Gasteiger partial charge on any atom is 0.0608 e. The summed E-state index contributed by atoms with van der Waals surface area (Å²) in [5, 5.41) is 8.91. The molecule has 80 valence electrons. The average Bonchev–Trinajstić information content (AvgIpc) is 2.11. The van der Waals surface area contributed by atoms with E-state index >= 15 is 0 Å². The van der Waals surface area contributed by atoms with Crippen molar-refractivity contribution in [1.29, 1.82) is 0 Å². The van der Waals surface area contributed by atoms with E-state index in [2.05, 4.69) is 4.90 Å². The van der Waals surface area contributed by atoms with E-state index in [1.165, 1.54) is 0 Å². The fraction of sp³-hybridized carbons (Fsp3) is 1.00.